The minimum atomic E-state index is -0.940. The Kier molecular flexibility index (Phi) is 7.63. The fourth-order valence-corrected chi connectivity index (χ4v) is 4.61. The quantitative estimate of drug-likeness (QED) is 0.301. The van der Waals surface area contributed by atoms with Crippen molar-refractivity contribution in [3.8, 4) is 5.75 Å². The van der Waals surface area contributed by atoms with E-state index in [0.29, 0.717) is 23.5 Å². The van der Waals surface area contributed by atoms with Crippen molar-refractivity contribution in [3.05, 3.63) is 120 Å². The molecule has 8 nitrogen and oxygen atoms in total. The van der Waals surface area contributed by atoms with Crippen LogP contribution in [-0.4, -0.2) is 33.9 Å². The highest BCUT2D eigenvalue weighted by Crippen LogP contribution is 2.32. The molecule has 0 aliphatic rings. The van der Waals surface area contributed by atoms with E-state index in [1.807, 2.05) is 85.8 Å². The second-order valence-electron chi connectivity index (χ2n) is 9.16. The van der Waals surface area contributed by atoms with Gasteiger partial charge in [0.05, 0.1) is 12.6 Å². The van der Waals surface area contributed by atoms with Crippen LogP contribution in [0.5, 0.6) is 5.75 Å². The number of para-hydroxylation sites is 1. The zero-order valence-electron chi connectivity index (χ0n) is 21.8. The van der Waals surface area contributed by atoms with Crippen LogP contribution in [0.4, 0.5) is 5.69 Å². The second-order valence-corrected chi connectivity index (χ2v) is 9.16. The van der Waals surface area contributed by atoms with E-state index in [1.165, 1.54) is 4.90 Å². The van der Waals surface area contributed by atoms with E-state index < -0.39 is 6.04 Å². The van der Waals surface area contributed by atoms with E-state index in [9.17, 15) is 9.59 Å². The Hall–Kier alpha value is -4.98. The molecule has 2 amide bonds. The van der Waals surface area contributed by atoms with Crippen molar-refractivity contribution in [2.24, 2.45) is 0 Å². The van der Waals surface area contributed by atoms with Gasteiger partial charge < -0.3 is 10.1 Å². The molecule has 1 aromatic heterocycles. The highest BCUT2D eigenvalue weighted by Gasteiger charge is 2.34. The van der Waals surface area contributed by atoms with Gasteiger partial charge in [0.1, 0.15) is 23.9 Å². The van der Waals surface area contributed by atoms with Gasteiger partial charge in [-0.05, 0) is 47.9 Å². The van der Waals surface area contributed by atoms with Gasteiger partial charge in [-0.2, -0.15) is 0 Å². The van der Waals surface area contributed by atoms with Crippen LogP contribution in [0.25, 0.3) is 11.0 Å². The Bertz CT molecular complexity index is 1600. The van der Waals surface area contributed by atoms with Crippen molar-refractivity contribution in [2.45, 2.75) is 26.1 Å². The Morgan fingerprint density at radius 1 is 0.923 bits per heavy atom. The van der Waals surface area contributed by atoms with E-state index in [2.05, 4.69) is 15.6 Å². The molecule has 5 rings (SSSR count). The smallest absolute Gasteiger partial charge is 0.249 e. The number of amides is 2. The van der Waals surface area contributed by atoms with Gasteiger partial charge in [0.25, 0.3) is 0 Å². The molecule has 1 atom stereocenters. The van der Waals surface area contributed by atoms with Crippen LogP contribution in [0.2, 0.25) is 0 Å². The molecular formula is C31H29N5O3. The number of fused-ring (bicyclic) bond motifs is 1. The summed E-state index contributed by atoms with van der Waals surface area (Å²) in [5, 5.41) is 11.4. The first-order chi connectivity index (χ1) is 19.0. The average Bonchev–Trinajstić information content (AvgIpc) is 3.38. The number of aryl methyl sites for hydroxylation is 1. The van der Waals surface area contributed by atoms with Crippen molar-refractivity contribution in [1.29, 1.82) is 0 Å². The van der Waals surface area contributed by atoms with Crippen molar-refractivity contribution >= 4 is 28.5 Å². The summed E-state index contributed by atoms with van der Waals surface area (Å²) >= 11 is 0. The van der Waals surface area contributed by atoms with Crippen LogP contribution >= 0.6 is 0 Å². The van der Waals surface area contributed by atoms with Crippen molar-refractivity contribution in [2.75, 3.05) is 12.0 Å². The topological polar surface area (TPSA) is 89.3 Å². The highest BCUT2D eigenvalue weighted by atomic mass is 16.5. The van der Waals surface area contributed by atoms with Gasteiger partial charge in [-0.3, -0.25) is 14.5 Å². The SMILES string of the molecule is COc1cccc(N(C(=O)Cn2nnc3ccccc32)C(C(=O)NCc2ccccc2)c2ccccc2C)c1. The lowest BCUT2D eigenvalue weighted by Crippen LogP contribution is -2.45. The monoisotopic (exact) mass is 519 g/mol. The summed E-state index contributed by atoms with van der Waals surface area (Å²) < 4.78 is 7.01. The second kappa shape index (κ2) is 11.6. The van der Waals surface area contributed by atoms with E-state index in [-0.39, 0.29) is 18.4 Å². The lowest BCUT2D eigenvalue weighted by molar-refractivity contribution is -0.127. The van der Waals surface area contributed by atoms with Gasteiger partial charge in [0.2, 0.25) is 11.8 Å². The zero-order valence-corrected chi connectivity index (χ0v) is 21.8. The molecule has 0 radical (unpaired) electrons. The Morgan fingerprint density at radius 2 is 1.67 bits per heavy atom. The number of aromatic nitrogens is 3. The number of benzene rings is 4. The molecule has 0 saturated carbocycles. The largest absolute Gasteiger partial charge is 0.497 e. The predicted molar refractivity (Wildman–Crippen MR) is 150 cm³/mol. The summed E-state index contributed by atoms with van der Waals surface area (Å²) in [6.45, 7) is 2.16. The summed E-state index contributed by atoms with van der Waals surface area (Å²) in [5.41, 5.74) is 4.54. The van der Waals surface area contributed by atoms with Crippen molar-refractivity contribution in [1.82, 2.24) is 20.3 Å². The number of hydrogen-bond acceptors (Lipinski definition) is 5. The number of nitrogens with one attached hydrogen (secondary N) is 1. The summed E-state index contributed by atoms with van der Waals surface area (Å²) in [7, 11) is 1.57. The molecular weight excluding hydrogens is 490 g/mol. The first kappa shape index (κ1) is 25.7. The molecule has 0 aliphatic carbocycles. The third-order valence-electron chi connectivity index (χ3n) is 6.60. The number of ether oxygens (including phenoxy) is 1. The van der Waals surface area contributed by atoms with Crippen molar-refractivity contribution in [3.63, 3.8) is 0 Å². The molecule has 1 heterocycles. The summed E-state index contributed by atoms with van der Waals surface area (Å²) in [4.78, 5) is 29.7. The van der Waals surface area contributed by atoms with Gasteiger partial charge in [0.15, 0.2) is 0 Å². The van der Waals surface area contributed by atoms with Gasteiger partial charge in [-0.1, -0.05) is 78.0 Å². The fraction of sp³-hybridized carbons (Fsp3) is 0.161. The number of methoxy groups -OCH3 is 1. The predicted octanol–water partition coefficient (Wildman–Crippen LogP) is 4.84. The lowest BCUT2D eigenvalue weighted by Gasteiger charge is -2.32. The molecule has 1 N–H and O–H groups in total. The molecule has 5 aromatic rings. The minimum absolute atomic E-state index is 0.105. The van der Waals surface area contributed by atoms with Crippen LogP contribution in [0, 0.1) is 6.92 Å². The molecule has 0 fully saturated rings. The number of rotatable bonds is 9. The molecule has 8 heteroatoms. The molecule has 4 aromatic carbocycles. The van der Waals surface area contributed by atoms with Crippen LogP contribution in [0.3, 0.4) is 0 Å². The fourth-order valence-electron chi connectivity index (χ4n) is 4.61. The zero-order chi connectivity index (χ0) is 27.2. The lowest BCUT2D eigenvalue weighted by atomic mass is 9.98. The van der Waals surface area contributed by atoms with Crippen LogP contribution < -0.4 is 15.0 Å². The number of hydrogen-bond donors (Lipinski definition) is 1. The molecule has 1 unspecified atom stereocenters. The normalized spacial score (nSPS) is 11.6. The molecule has 0 saturated heterocycles. The summed E-state index contributed by atoms with van der Waals surface area (Å²) in [6, 6.07) is 31.0. The van der Waals surface area contributed by atoms with Gasteiger partial charge in [-0.25, -0.2) is 4.68 Å². The summed E-state index contributed by atoms with van der Waals surface area (Å²) in [6.07, 6.45) is 0. The Labute approximate surface area is 226 Å². The van der Waals surface area contributed by atoms with Crippen LogP contribution in [0.1, 0.15) is 22.7 Å². The van der Waals surface area contributed by atoms with Gasteiger partial charge in [0, 0.05) is 18.3 Å². The Balaban J connectivity index is 1.58. The third kappa shape index (κ3) is 5.65. The van der Waals surface area contributed by atoms with Crippen LogP contribution in [0.15, 0.2) is 103 Å². The maximum absolute atomic E-state index is 14.2. The van der Waals surface area contributed by atoms with E-state index in [4.69, 9.17) is 4.74 Å². The number of nitrogens with zero attached hydrogens (tertiary/aromatic N) is 4. The molecule has 0 spiro atoms. The van der Waals surface area contributed by atoms with E-state index in [0.717, 1.165) is 22.2 Å². The first-order valence-electron chi connectivity index (χ1n) is 12.7. The Morgan fingerprint density at radius 3 is 2.46 bits per heavy atom. The number of carbonyl (C=O) groups is 2. The standard InChI is InChI=1S/C31H29N5O3/c1-22-11-6-7-16-26(22)30(31(38)32-20-23-12-4-3-5-13-23)36(24-14-10-15-25(19-24)39-2)29(37)21-35-28-18-9-8-17-27(28)33-34-35/h3-19,30H,20-21H2,1-2H3,(H,32,38). The maximum atomic E-state index is 14.2. The highest BCUT2D eigenvalue weighted by molar-refractivity contribution is 6.01. The molecule has 39 heavy (non-hydrogen) atoms. The van der Waals surface area contributed by atoms with E-state index in [1.54, 1.807) is 36.1 Å². The minimum Gasteiger partial charge on any atom is -0.497 e. The van der Waals surface area contributed by atoms with Gasteiger partial charge >= 0.3 is 0 Å². The van der Waals surface area contributed by atoms with Gasteiger partial charge in [-0.15, -0.1) is 5.10 Å². The first-order valence-corrected chi connectivity index (χ1v) is 12.7. The van der Waals surface area contributed by atoms with E-state index >= 15 is 0 Å². The number of anilines is 1. The maximum Gasteiger partial charge on any atom is 0.249 e. The van der Waals surface area contributed by atoms with Crippen molar-refractivity contribution < 1.29 is 14.3 Å². The molecule has 196 valence electrons. The number of carbonyl (C=O) groups excluding carboxylic acids is 2. The average molecular weight is 520 g/mol. The van der Waals surface area contributed by atoms with Crippen LogP contribution in [-0.2, 0) is 22.7 Å². The summed E-state index contributed by atoms with van der Waals surface area (Å²) in [5.74, 6) is -0.0421. The third-order valence-corrected chi connectivity index (χ3v) is 6.60. The molecule has 0 aliphatic heterocycles. The molecule has 0 bridgehead atoms.